The van der Waals surface area contributed by atoms with Gasteiger partial charge in [0.25, 0.3) is 11.8 Å². The molecule has 0 unspecified atom stereocenters. The molecule has 2 aromatic carbocycles. The lowest BCUT2D eigenvalue weighted by atomic mass is 10.2. The third-order valence-electron chi connectivity index (χ3n) is 3.63. The Morgan fingerprint density at radius 3 is 2.14 bits per heavy atom. The predicted molar refractivity (Wildman–Crippen MR) is 92.9 cm³/mol. The van der Waals surface area contributed by atoms with Gasteiger partial charge in [0.1, 0.15) is 23.0 Å². The molecule has 0 fully saturated rings. The molecule has 5 nitrogen and oxygen atoms in total. The summed E-state index contributed by atoms with van der Waals surface area (Å²) in [6.45, 7) is 0. The molecule has 9 heteroatoms. The zero-order chi connectivity index (χ0) is 20.3. The molecule has 1 heterocycles. The van der Waals surface area contributed by atoms with Crippen LogP contribution in [0.2, 0.25) is 0 Å². The molecule has 0 saturated heterocycles. The van der Waals surface area contributed by atoms with Crippen LogP contribution in [0.5, 0.6) is 0 Å². The van der Waals surface area contributed by atoms with Crippen LogP contribution < -0.4 is 10.6 Å². The zero-order valence-electron chi connectivity index (χ0n) is 14.0. The Balaban J connectivity index is 1.78. The molecule has 0 aliphatic heterocycles. The molecule has 0 aliphatic carbocycles. The van der Waals surface area contributed by atoms with Gasteiger partial charge in [0.05, 0.1) is 0 Å². The summed E-state index contributed by atoms with van der Waals surface area (Å²) in [7, 11) is 0. The summed E-state index contributed by atoms with van der Waals surface area (Å²) < 4.78 is 53.5. The zero-order valence-corrected chi connectivity index (χ0v) is 14.0. The van der Waals surface area contributed by atoms with Crippen LogP contribution in [0, 0.1) is 23.3 Å². The van der Waals surface area contributed by atoms with Gasteiger partial charge in [-0.1, -0.05) is 6.07 Å². The molecular formula is C19H11F4N3O2. The normalized spacial score (nSPS) is 10.4. The molecule has 3 rings (SSSR count). The van der Waals surface area contributed by atoms with E-state index in [-0.39, 0.29) is 16.9 Å². The number of hydrogen-bond donors (Lipinski definition) is 2. The lowest BCUT2D eigenvalue weighted by molar-refractivity contribution is 0.102. The van der Waals surface area contributed by atoms with E-state index in [0.29, 0.717) is 0 Å². The van der Waals surface area contributed by atoms with Gasteiger partial charge < -0.3 is 10.6 Å². The Bertz CT molecular complexity index is 1050. The maximum absolute atomic E-state index is 13.6. The monoisotopic (exact) mass is 389 g/mol. The van der Waals surface area contributed by atoms with Gasteiger partial charge in [0.2, 0.25) is 0 Å². The van der Waals surface area contributed by atoms with Gasteiger partial charge in [-0.3, -0.25) is 14.6 Å². The quantitative estimate of drug-likeness (QED) is 0.659. The minimum Gasteiger partial charge on any atom is -0.321 e. The summed E-state index contributed by atoms with van der Waals surface area (Å²) in [5, 5.41) is 4.39. The molecule has 0 radical (unpaired) electrons. The second-order valence-corrected chi connectivity index (χ2v) is 5.56. The number of rotatable bonds is 4. The van der Waals surface area contributed by atoms with E-state index in [1.165, 1.54) is 6.07 Å². The predicted octanol–water partition coefficient (Wildman–Crippen LogP) is 4.14. The van der Waals surface area contributed by atoms with E-state index < -0.39 is 40.8 Å². The molecule has 0 atom stereocenters. The van der Waals surface area contributed by atoms with Crippen molar-refractivity contribution >= 4 is 23.2 Å². The average Bonchev–Trinajstić information content (AvgIpc) is 2.67. The van der Waals surface area contributed by atoms with Gasteiger partial charge in [-0.15, -0.1) is 0 Å². The van der Waals surface area contributed by atoms with Gasteiger partial charge in [-0.2, -0.15) is 0 Å². The fourth-order valence-corrected chi connectivity index (χ4v) is 2.27. The third kappa shape index (κ3) is 4.14. The summed E-state index contributed by atoms with van der Waals surface area (Å²) in [5.74, 6) is -5.80. The van der Waals surface area contributed by atoms with E-state index in [0.717, 1.165) is 48.7 Å². The summed E-state index contributed by atoms with van der Waals surface area (Å²) >= 11 is 0. The average molecular weight is 389 g/mol. The first kappa shape index (κ1) is 19.0. The molecule has 2 N–H and O–H groups in total. The molecule has 1 aromatic heterocycles. The lowest BCUT2D eigenvalue weighted by Gasteiger charge is -2.09. The highest BCUT2D eigenvalue weighted by molar-refractivity contribution is 6.07. The topological polar surface area (TPSA) is 71.1 Å². The number of pyridine rings is 1. The number of anilines is 2. The van der Waals surface area contributed by atoms with Crippen molar-refractivity contribution in [1.29, 1.82) is 0 Å². The number of aromatic nitrogens is 1. The van der Waals surface area contributed by atoms with E-state index in [4.69, 9.17) is 0 Å². The summed E-state index contributed by atoms with van der Waals surface area (Å²) in [4.78, 5) is 28.2. The number of hydrogen-bond acceptors (Lipinski definition) is 3. The van der Waals surface area contributed by atoms with Gasteiger partial charge in [0, 0.05) is 23.5 Å². The smallest absolute Gasteiger partial charge is 0.274 e. The van der Waals surface area contributed by atoms with E-state index in [9.17, 15) is 27.2 Å². The number of amides is 2. The van der Waals surface area contributed by atoms with Crippen molar-refractivity contribution < 1.29 is 27.2 Å². The van der Waals surface area contributed by atoms with Crippen molar-refractivity contribution in [3.63, 3.8) is 0 Å². The highest BCUT2D eigenvalue weighted by atomic mass is 19.2. The van der Waals surface area contributed by atoms with Crippen LogP contribution in [0.15, 0.2) is 54.7 Å². The number of nitrogens with zero attached hydrogens (tertiary/aromatic N) is 1. The second-order valence-electron chi connectivity index (χ2n) is 5.56. The Morgan fingerprint density at radius 1 is 0.750 bits per heavy atom. The van der Waals surface area contributed by atoms with E-state index in [1.54, 1.807) is 0 Å². The van der Waals surface area contributed by atoms with E-state index in [1.807, 2.05) is 0 Å². The van der Waals surface area contributed by atoms with Gasteiger partial charge >= 0.3 is 0 Å². The Kier molecular flexibility index (Phi) is 5.35. The van der Waals surface area contributed by atoms with Crippen LogP contribution in [0.3, 0.4) is 0 Å². The molecule has 28 heavy (non-hydrogen) atoms. The summed E-state index contributed by atoms with van der Waals surface area (Å²) in [6, 6.07) is 8.20. The molecular weight excluding hydrogens is 378 g/mol. The Labute approximate surface area is 156 Å². The van der Waals surface area contributed by atoms with Crippen LogP contribution in [0.25, 0.3) is 0 Å². The van der Waals surface area contributed by atoms with Crippen molar-refractivity contribution in [3.8, 4) is 0 Å². The van der Waals surface area contributed by atoms with Crippen molar-refractivity contribution in [2.24, 2.45) is 0 Å². The van der Waals surface area contributed by atoms with Gasteiger partial charge in [-0.05, 0) is 36.4 Å². The minimum atomic E-state index is -1.15. The molecule has 0 saturated carbocycles. The molecule has 2 amide bonds. The van der Waals surface area contributed by atoms with E-state index in [2.05, 4.69) is 15.6 Å². The number of benzene rings is 2. The SMILES string of the molecule is O=C(Nc1c(F)cccc1F)c1ccnc(C(=O)Nc2ccc(F)c(F)c2)c1. The molecule has 0 bridgehead atoms. The fraction of sp³-hybridized carbons (Fsp3) is 0. The van der Waals surface area contributed by atoms with Gasteiger partial charge in [0.15, 0.2) is 11.6 Å². The number of para-hydroxylation sites is 1. The van der Waals surface area contributed by atoms with Crippen LogP contribution in [0.4, 0.5) is 28.9 Å². The molecule has 0 spiro atoms. The van der Waals surface area contributed by atoms with Crippen LogP contribution >= 0.6 is 0 Å². The number of nitrogens with one attached hydrogen (secondary N) is 2. The first-order chi connectivity index (χ1) is 13.3. The standard InChI is InChI=1S/C19H11F4N3O2/c20-12-5-4-11(9-15(12)23)25-19(28)16-8-10(6-7-24-16)18(27)26-17-13(21)2-1-3-14(17)22/h1-9H,(H,25,28)(H,26,27). The van der Waals surface area contributed by atoms with Crippen molar-refractivity contribution in [1.82, 2.24) is 4.98 Å². The van der Waals surface area contributed by atoms with Crippen molar-refractivity contribution in [3.05, 3.63) is 89.3 Å². The maximum Gasteiger partial charge on any atom is 0.274 e. The van der Waals surface area contributed by atoms with Crippen LogP contribution in [0.1, 0.15) is 20.8 Å². The fourth-order valence-electron chi connectivity index (χ4n) is 2.27. The number of carbonyl (C=O) groups excluding carboxylic acids is 2. The number of halogens is 4. The van der Waals surface area contributed by atoms with Crippen molar-refractivity contribution in [2.45, 2.75) is 0 Å². The van der Waals surface area contributed by atoms with Gasteiger partial charge in [-0.25, -0.2) is 17.6 Å². The summed E-state index contributed by atoms with van der Waals surface area (Å²) in [5.41, 5.74) is -0.953. The highest BCUT2D eigenvalue weighted by Crippen LogP contribution is 2.19. The van der Waals surface area contributed by atoms with Crippen molar-refractivity contribution in [2.75, 3.05) is 10.6 Å². The molecule has 142 valence electrons. The molecule has 3 aromatic rings. The van der Waals surface area contributed by atoms with Crippen LogP contribution in [-0.2, 0) is 0 Å². The maximum atomic E-state index is 13.6. The van der Waals surface area contributed by atoms with E-state index >= 15 is 0 Å². The first-order valence-electron chi connectivity index (χ1n) is 7.83. The third-order valence-corrected chi connectivity index (χ3v) is 3.63. The largest absolute Gasteiger partial charge is 0.321 e. The highest BCUT2D eigenvalue weighted by Gasteiger charge is 2.16. The lowest BCUT2D eigenvalue weighted by Crippen LogP contribution is -2.18. The number of carbonyl (C=O) groups is 2. The Hall–Kier alpha value is -3.75. The second kappa shape index (κ2) is 7.87. The molecule has 0 aliphatic rings. The summed E-state index contributed by atoms with van der Waals surface area (Å²) in [6.07, 6.45) is 1.15. The van der Waals surface area contributed by atoms with Crippen LogP contribution in [-0.4, -0.2) is 16.8 Å². The Morgan fingerprint density at radius 2 is 1.46 bits per heavy atom. The first-order valence-corrected chi connectivity index (χ1v) is 7.83. The minimum absolute atomic E-state index is 0.0195.